The number of amides is 1. The van der Waals surface area contributed by atoms with Crippen molar-refractivity contribution >= 4 is 38.9 Å². The minimum Gasteiger partial charge on any atom is -0.319 e. The molecule has 0 saturated carbocycles. The Morgan fingerprint density at radius 2 is 1.93 bits per heavy atom. The number of nitrogens with zero attached hydrogens (tertiary/aromatic N) is 5. The molecule has 1 N–H and O–H groups in total. The number of aryl methyl sites for hydroxylation is 1. The molecule has 1 aliphatic rings. The maximum Gasteiger partial charge on any atom is 0.345 e. The first-order valence-corrected chi connectivity index (χ1v) is 10.7. The summed E-state index contributed by atoms with van der Waals surface area (Å²) in [5.41, 5.74) is 1.55. The topological polar surface area (TPSA) is 110 Å². The van der Waals surface area contributed by atoms with Crippen LogP contribution in [0.1, 0.15) is 4.88 Å². The maximum absolute atomic E-state index is 12.7. The summed E-state index contributed by atoms with van der Waals surface area (Å²) in [6, 6.07) is 6.98. The van der Waals surface area contributed by atoms with Gasteiger partial charge in [-0.1, -0.05) is 0 Å². The van der Waals surface area contributed by atoms with Gasteiger partial charge in [-0.3, -0.25) is 14.5 Å². The summed E-state index contributed by atoms with van der Waals surface area (Å²) < 4.78 is 31.4. The molecule has 0 aromatic carbocycles. The molecule has 29 heavy (non-hydrogen) atoms. The minimum absolute atomic E-state index is 0.0322. The Labute approximate surface area is 171 Å². The van der Waals surface area contributed by atoms with Gasteiger partial charge >= 0.3 is 10.2 Å². The van der Waals surface area contributed by atoms with Crippen LogP contribution in [0.5, 0.6) is 0 Å². The number of anilines is 1. The number of nitrogens with one attached hydrogen (secondary N) is 1. The van der Waals surface area contributed by atoms with Crippen LogP contribution in [0.15, 0.2) is 65.2 Å². The number of carbonyl (C=O) groups excluding carboxylic acids is 1. The van der Waals surface area contributed by atoms with Gasteiger partial charge in [0.05, 0.1) is 28.7 Å². The molecule has 0 bridgehead atoms. The van der Waals surface area contributed by atoms with Gasteiger partial charge in [0.1, 0.15) is 5.70 Å². The fourth-order valence-corrected chi connectivity index (χ4v) is 4.60. The van der Waals surface area contributed by atoms with E-state index >= 15 is 0 Å². The van der Waals surface area contributed by atoms with E-state index < -0.39 is 16.1 Å². The van der Waals surface area contributed by atoms with Crippen molar-refractivity contribution in [1.82, 2.24) is 19.1 Å². The zero-order valence-corrected chi connectivity index (χ0v) is 17.1. The molecule has 4 heterocycles. The normalized spacial score (nSPS) is 15.6. The van der Waals surface area contributed by atoms with Gasteiger partial charge in [0, 0.05) is 36.9 Å². The summed E-state index contributed by atoms with van der Waals surface area (Å²) in [5.74, 6) is -0.569. The monoisotopic (exact) mass is 428 g/mol. The molecular weight excluding hydrogens is 412 g/mol. The summed E-state index contributed by atoms with van der Waals surface area (Å²) in [6.45, 7) is 0. The van der Waals surface area contributed by atoms with Gasteiger partial charge in [0.25, 0.3) is 5.91 Å². The number of carbonyl (C=O) groups is 1. The predicted octanol–water partition coefficient (Wildman–Crippen LogP) is 2.05. The fraction of sp³-hybridized carbons (Fsp3) is 0.111. The number of aromatic nitrogens is 3. The van der Waals surface area contributed by atoms with Crippen LogP contribution in [0.2, 0.25) is 0 Å². The third-order valence-corrected chi connectivity index (χ3v) is 6.65. The highest BCUT2D eigenvalue weighted by molar-refractivity contribution is 7.88. The molecule has 3 aromatic heterocycles. The van der Waals surface area contributed by atoms with Crippen LogP contribution in [0, 0.1) is 0 Å². The van der Waals surface area contributed by atoms with E-state index in [0.717, 1.165) is 14.7 Å². The molecule has 0 fully saturated rings. The largest absolute Gasteiger partial charge is 0.345 e. The van der Waals surface area contributed by atoms with Crippen LogP contribution < -0.4 is 5.32 Å². The van der Waals surface area contributed by atoms with Crippen molar-refractivity contribution in [3.8, 4) is 10.4 Å². The third kappa shape index (κ3) is 3.82. The van der Waals surface area contributed by atoms with Crippen molar-refractivity contribution in [3.63, 3.8) is 0 Å². The summed E-state index contributed by atoms with van der Waals surface area (Å²) in [6.07, 6.45) is 8.11. The summed E-state index contributed by atoms with van der Waals surface area (Å²) in [4.78, 5) is 18.2. The molecule has 0 atom stereocenters. The SMILES string of the molecule is CN1C(C(=O)Nc2cccnc2)=CC(c2ccc(-c3cnn(C)c3)s2)=NS1(=O)=O. The number of rotatable bonds is 4. The van der Waals surface area contributed by atoms with Gasteiger partial charge in [-0.25, -0.2) is 4.31 Å². The second-order valence-corrected chi connectivity index (χ2v) is 8.92. The lowest BCUT2D eigenvalue weighted by Gasteiger charge is -2.23. The highest BCUT2D eigenvalue weighted by Gasteiger charge is 2.30. The summed E-state index contributed by atoms with van der Waals surface area (Å²) in [5, 5.41) is 6.79. The van der Waals surface area contributed by atoms with Gasteiger partial charge in [-0.2, -0.15) is 13.5 Å². The predicted molar refractivity (Wildman–Crippen MR) is 111 cm³/mol. The molecule has 0 saturated heterocycles. The van der Waals surface area contributed by atoms with Crippen LogP contribution in [-0.4, -0.2) is 46.2 Å². The Hall–Kier alpha value is -3.31. The lowest BCUT2D eigenvalue weighted by Crippen LogP contribution is -2.35. The standard InChI is InChI=1S/C18H16N6O3S2/c1-23-11-12(9-20-23)16-5-6-17(28-16)14-8-15(24(2)29(26,27)22-14)18(25)21-13-4-3-7-19-10-13/h3-11H,1-2H3,(H,21,25). The van der Waals surface area contributed by atoms with Crippen LogP contribution >= 0.6 is 11.3 Å². The van der Waals surface area contributed by atoms with E-state index in [9.17, 15) is 13.2 Å². The van der Waals surface area contributed by atoms with Gasteiger partial charge in [0.15, 0.2) is 0 Å². The summed E-state index contributed by atoms with van der Waals surface area (Å²) >= 11 is 1.37. The quantitative estimate of drug-likeness (QED) is 0.684. The van der Waals surface area contributed by atoms with E-state index in [0.29, 0.717) is 10.6 Å². The van der Waals surface area contributed by atoms with E-state index in [1.807, 2.05) is 19.3 Å². The maximum atomic E-state index is 12.7. The summed E-state index contributed by atoms with van der Waals surface area (Å²) in [7, 11) is -0.917. The van der Waals surface area contributed by atoms with Crippen LogP contribution in [0.3, 0.4) is 0 Å². The molecule has 9 nitrogen and oxygen atoms in total. The van der Waals surface area contributed by atoms with Crippen molar-refractivity contribution in [3.05, 3.63) is 65.7 Å². The molecule has 1 amide bonds. The van der Waals surface area contributed by atoms with Gasteiger partial charge in [-0.15, -0.1) is 15.7 Å². The molecule has 3 aromatic rings. The molecule has 148 valence electrons. The number of hydrogen-bond donors (Lipinski definition) is 1. The van der Waals surface area contributed by atoms with Gasteiger partial charge in [-0.05, 0) is 30.3 Å². The van der Waals surface area contributed by atoms with E-state index in [1.54, 1.807) is 35.3 Å². The second-order valence-electron chi connectivity index (χ2n) is 6.21. The minimum atomic E-state index is -4.03. The molecule has 0 unspecified atom stereocenters. The molecule has 0 aliphatic carbocycles. The van der Waals surface area contributed by atoms with Gasteiger partial charge in [0.2, 0.25) is 0 Å². The fourth-order valence-electron chi connectivity index (χ4n) is 2.69. The first kappa shape index (κ1) is 19.0. The Morgan fingerprint density at radius 3 is 2.62 bits per heavy atom. The number of pyridine rings is 1. The van der Waals surface area contributed by atoms with Crippen molar-refractivity contribution < 1.29 is 13.2 Å². The van der Waals surface area contributed by atoms with E-state index in [2.05, 4.69) is 19.8 Å². The average molecular weight is 428 g/mol. The highest BCUT2D eigenvalue weighted by atomic mass is 32.2. The molecular formula is C18H16N6O3S2. The lowest BCUT2D eigenvalue weighted by atomic mass is 10.2. The zero-order valence-electron chi connectivity index (χ0n) is 15.5. The van der Waals surface area contributed by atoms with Crippen molar-refractivity contribution in [2.24, 2.45) is 11.4 Å². The van der Waals surface area contributed by atoms with Gasteiger partial charge < -0.3 is 5.32 Å². The number of allylic oxidation sites excluding steroid dienone is 1. The van der Waals surface area contributed by atoms with Crippen LogP contribution in [0.4, 0.5) is 5.69 Å². The average Bonchev–Trinajstić information content (AvgIpc) is 3.33. The molecule has 1 aliphatic heterocycles. The Morgan fingerprint density at radius 1 is 1.14 bits per heavy atom. The van der Waals surface area contributed by atoms with E-state index in [1.165, 1.54) is 30.7 Å². The Bertz CT molecular complexity index is 1240. The number of thiophene rings is 1. The third-order valence-electron chi connectivity index (χ3n) is 4.17. The van der Waals surface area contributed by atoms with Crippen LogP contribution in [-0.2, 0) is 22.1 Å². The highest BCUT2D eigenvalue weighted by Crippen LogP contribution is 2.30. The Balaban J connectivity index is 1.68. The first-order chi connectivity index (χ1) is 13.8. The molecule has 4 rings (SSSR count). The zero-order chi connectivity index (χ0) is 20.6. The van der Waals surface area contributed by atoms with E-state index in [4.69, 9.17) is 0 Å². The first-order valence-electron chi connectivity index (χ1n) is 8.44. The molecule has 11 heteroatoms. The lowest BCUT2D eigenvalue weighted by molar-refractivity contribution is -0.113. The molecule has 0 spiro atoms. The van der Waals surface area contributed by atoms with Crippen LogP contribution in [0.25, 0.3) is 10.4 Å². The Kier molecular flexibility index (Phi) is 4.76. The van der Waals surface area contributed by atoms with Crippen molar-refractivity contribution in [1.29, 1.82) is 0 Å². The van der Waals surface area contributed by atoms with Crippen molar-refractivity contribution in [2.45, 2.75) is 0 Å². The second kappa shape index (κ2) is 7.26. The molecule has 0 radical (unpaired) electrons. The number of hydrogen-bond acceptors (Lipinski definition) is 6. The van der Waals surface area contributed by atoms with Crippen molar-refractivity contribution in [2.75, 3.05) is 12.4 Å². The number of likely N-dealkylation sites (N-methyl/N-ethyl adjacent to an activating group) is 1. The smallest absolute Gasteiger partial charge is 0.319 e. The van der Waals surface area contributed by atoms with E-state index in [-0.39, 0.29) is 11.4 Å².